The Morgan fingerprint density at radius 2 is 1.05 bits per heavy atom. The molecule has 10 nitrogen and oxygen atoms in total. The van der Waals surface area contributed by atoms with Gasteiger partial charge in [0.15, 0.2) is 0 Å². The normalized spacial score (nSPS) is 9.43. The molecule has 0 bridgehead atoms. The quantitative estimate of drug-likeness (QED) is 0.345. The van der Waals surface area contributed by atoms with Crippen LogP contribution in [0.2, 0.25) is 0 Å². The molecule has 0 aromatic carbocycles. The fourth-order valence-corrected chi connectivity index (χ4v) is 0.577. The molecule has 128 valence electrons. The Hall–Kier alpha value is -1.62. The van der Waals surface area contributed by atoms with Gasteiger partial charge in [-0.05, 0) is 13.8 Å². The van der Waals surface area contributed by atoms with Crippen LogP contribution in [-0.4, -0.2) is 82.6 Å². The second-order valence-electron chi connectivity index (χ2n) is 3.53. The van der Waals surface area contributed by atoms with E-state index in [1.807, 2.05) is 0 Å². The molecule has 0 saturated heterocycles. The lowest BCUT2D eigenvalue weighted by Crippen LogP contribution is -2.37. The van der Waals surface area contributed by atoms with Gasteiger partial charge in [-0.25, -0.2) is 9.59 Å². The monoisotopic (exact) mass is 316 g/mol. The molecule has 0 aliphatic heterocycles. The van der Waals surface area contributed by atoms with Crippen molar-refractivity contribution in [1.82, 2.24) is 0 Å². The minimum Gasteiger partial charge on any atom is -0.450 e. The lowest BCUT2D eigenvalue weighted by Gasteiger charge is -2.23. The Morgan fingerprint density at radius 1 is 0.810 bits per heavy atom. The highest BCUT2D eigenvalue weighted by molar-refractivity contribution is 5.59. The van der Waals surface area contributed by atoms with Gasteiger partial charge in [-0.1, -0.05) is 0 Å². The molecule has 0 aromatic heterocycles. The zero-order valence-electron chi connectivity index (χ0n) is 12.1. The van der Waals surface area contributed by atoms with E-state index in [-0.39, 0.29) is 0 Å². The van der Waals surface area contributed by atoms with Crippen LogP contribution < -0.4 is 0 Å². The molecule has 0 rings (SSSR count). The molecule has 0 aliphatic carbocycles. The van der Waals surface area contributed by atoms with E-state index >= 15 is 0 Å². The van der Waals surface area contributed by atoms with Crippen molar-refractivity contribution in [3.05, 3.63) is 0 Å². The first kappa shape index (κ1) is 24.4. The first-order valence-corrected chi connectivity index (χ1v) is 5.93. The van der Waals surface area contributed by atoms with Crippen LogP contribution in [0.3, 0.4) is 0 Å². The first-order valence-electron chi connectivity index (χ1n) is 5.93. The number of hydrogen-bond donors (Lipinski definition) is 6. The molecule has 0 saturated carbocycles. The zero-order chi connectivity index (χ0) is 17.3. The van der Waals surface area contributed by atoms with Crippen LogP contribution >= 0.6 is 0 Å². The van der Waals surface area contributed by atoms with Gasteiger partial charge in [0, 0.05) is 0 Å². The van der Waals surface area contributed by atoms with Crippen molar-refractivity contribution in [3.8, 4) is 0 Å². The molecule has 10 heteroatoms. The minimum atomic E-state index is -1.83. The fraction of sp³-hybridized carbons (Fsp3) is 0.818. The molecule has 0 fully saturated rings. The van der Waals surface area contributed by atoms with Crippen LogP contribution in [0.15, 0.2) is 0 Å². The highest BCUT2D eigenvalue weighted by atomic mass is 16.7. The number of carboxylic acid groups (broad SMARTS) is 2. The molecule has 6 N–H and O–H groups in total. The Labute approximate surface area is 122 Å². The van der Waals surface area contributed by atoms with Crippen LogP contribution in [0.1, 0.15) is 13.8 Å². The number of hydrogen-bond acceptors (Lipinski definition) is 8. The molecule has 0 spiro atoms. The largest absolute Gasteiger partial charge is 0.508 e. The highest BCUT2D eigenvalue weighted by Crippen LogP contribution is 2.11. The second-order valence-corrected chi connectivity index (χ2v) is 3.53. The molecule has 0 heterocycles. The van der Waals surface area contributed by atoms with Crippen LogP contribution in [-0.2, 0) is 9.47 Å². The fourth-order valence-electron chi connectivity index (χ4n) is 0.577. The summed E-state index contributed by atoms with van der Waals surface area (Å²) in [6.07, 6.45) is -2.42. The predicted molar refractivity (Wildman–Crippen MR) is 70.1 cm³/mol. The lowest BCUT2D eigenvalue weighted by atomic mass is 9.93. The van der Waals surface area contributed by atoms with E-state index in [9.17, 15) is 4.79 Å². The van der Waals surface area contributed by atoms with Crippen molar-refractivity contribution in [2.24, 2.45) is 5.41 Å². The average Bonchev–Trinajstić information content (AvgIpc) is 2.43. The van der Waals surface area contributed by atoms with Gasteiger partial charge in [-0.15, -0.1) is 0 Å². The summed E-state index contributed by atoms with van der Waals surface area (Å²) in [6, 6.07) is 0. The summed E-state index contributed by atoms with van der Waals surface area (Å²) in [5, 5.41) is 47.9. The average molecular weight is 316 g/mol. The first-order chi connectivity index (χ1) is 9.78. The van der Waals surface area contributed by atoms with Gasteiger partial charge in [-0.3, -0.25) is 0 Å². The molecular weight excluding hydrogens is 292 g/mol. The molecule has 0 unspecified atom stereocenters. The Kier molecular flexibility index (Phi) is 19.1. The van der Waals surface area contributed by atoms with Gasteiger partial charge in [-0.2, -0.15) is 0 Å². The highest BCUT2D eigenvalue weighted by Gasteiger charge is 2.26. The van der Waals surface area contributed by atoms with Gasteiger partial charge in [0.25, 0.3) is 0 Å². The summed E-state index contributed by atoms with van der Waals surface area (Å²) < 4.78 is 8.84. The molecule has 0 amide bonds. The molecule has 0 atom stereocenters. The summed E-state index contributed by atoms with van der Waals surface area (Å²) in [4.78, 5) is 18.8. The number of ether oxygens (including phenoxy) is 2. The van der Waals surface area contributed by atoms with E-state index in [4.69, 9.17) is 35.4 Å². The maximum atomic E-state index is 10.2. The number of aliphatic hydroxyl groups excluding tert-OH is 4. The number of rotatable bonds is 6. The molecule has 0 radical (unpaired) electrons. The number of aliphatic hydroxyl groups is 4. The summed E-state index contributed by atoms with van der Waals surface area (Å²) in [5.41, 5.74) is -1.11. The Balaban J connectivity index is -0.000000249. The van der Waals surface area contributed by atoms with Crippen molar-refractivity contribution in [2.45, 2.75) is 13.8 Å². The van der Waals surface area contributed by atoms with E-state index < -0.39 is 44.2 Å². The van der Waals surface area contributed by atoms with Crippen LogP contribution in [0.25, 0.3) is 0 Å². The topological polar surface area (TPSA) is 174 Å². The van der Waals surface area contributed by atoms with Gasteiger partial charge < -0.3 is 40.1 Å². The van der Waals surface area contributed by atoms with Gasteiger partial charge >= 0.3 is 12.3 Å². The van der Waals surface area contributed by atoms with E-state index in [0.29, 0.717) is 13.2 Å². The Bertz CT molecular complexity index is 222. The third-order valence-corrected chi connectivity index (χ3v) is 1.87. The maximum Gasteiger partial charge on any atom is 0.508 e. The van der Waals surface area contributed by atoms with Crippen LogP contribution in [0.4, 0.5) is 9.59 Å². The summed E-state index contributed by atoms with van der Waals surface area (Å²) >= 11 is 0. The van der Waals surface area contributed by atoms with Gasteiger partial charge in [0.2, 0.25) is 0 Å². The molecule has 0 aromatic rings. The van der Waals surface area contributed by atoms with Gasteiger partial charge in [0.1, 0.15) is 0 Å². The van der Waals surface area contributed by atoms with E-state index in [1.165, 1.54) is 0 Å². The van der Waals surface area contributed by atoms with Crippen molar-refractivity contribution >= 4 is 12.3 Å². The van der Waals surface area contributed by atoms with Crippen LogP contribution in [0.5, 0.6) is 0 Å². The number of carbonyl (C=O) groups excluding carboxylic acids is 1. The van der Waals surface area contributed by atoms with Crippen molar-refractivity contribution in [2.75, 3.05) is 39.6 Å². The predicted octanol–water partition coefficient (Wildman–Crippen LogP) is -0.656. The molecular formula is C11H24O10. The summed E-state index contributed by atoms with van der Waals surface area (Å²) in [7, 11) is 0. The van der Waals surface area contributed by atoms with Crippen molar-refractivity contribution < 1.29 is 49.7 Å². The van der Waals surface area contributed by atoms with Crippen LogP contribution in [0, 0.1) is 5.41 Å². The second kappa shape index (κ2) is 16.4. The van der Waals surface area contributed by atoms with Crippen molar-refractivity contribution in [3.63, 3.8) is 0 Å². The smallest absolute Gasteiger partial charge is 0.450 e. The Morgan fingerprint density at radius 3 is 1.14 bits per heavy atom. The minimum absolute atomic E-state index is 0.374. The third kappa shape index (κ3) is 18.4. The summed E-state index contributed by atoms with van der Waals surface area (Å²) in [6.45, 7) is 2.59. The van der Waals surface area contributed by atoms with Crippen molar-refractivity contribution in [1.29, 1.82) is 0 Å². The summed E-state index contributed by atoms with van der Waals surface area (Å²) in [5.74, 6) is 0. The lowest BCUT2D eigenvalue weighted by molar-refractivity contribution is -0.0328. The third-order valence-electron chi connectivity index (χ3n) is 1.87. The van der Waals surface area contributed by atoms with E-state index in [0.717, 1.165) is 0 Å². The van der Waals surface area contributed by atoms with E-state index in [2.05, 4.69) is 9.47 Å². The SMILES string of the molecule is CCOC(=O)OCC.O=C(O)O.OCC(CO)(CO)CO. The molecule has 21 heavy (non-hydrogen) atoms. The van der Waals surface area contributed by atoms with Gasteiger partial charge in [0.05, 0.1) is 45.1 Å². The molecule has 0 aliphatic rings. The zero-order valence-corrected chi connectivity index (χ0v) is 12.1. The maximum absolute atomic E-state index is 10.2. The standard InChI is InChI=1S/C5H12O4.C5H10O3.CH2O3/c6-1-5(2-7,3-8)4-9;1-3-7-5(6)8-4-2;2-1(3)4/h6-9H,1-4H2;3-4H2,1-2H3;(H2,2,3,4). The number of carbonyl (C=O) groups is 2. The van der Waals surface area contributed by atoms with E-state index in [1.54, 1.807) is 13.8 Å².